The Labute approximate surface area is 253 Å². The van der Waals surface area contributed by atoms with Crippen LogP contribution in [0.15, 0.2) is 17.1 Å². The van der Waals surface area contributed by atoms with E-state index in [-0.39, 0.29) is 26.1 Å². The molecular weight excluding hydrogens is 731 g/mol. The maximum absolute atomic E-state index is 14.9. The first kappa shape index (κ1) is 42.5. The number of alkyl halides is 20. The number of aryl methyl sites for hydroxylation is 2. The molecule has 0 fully saturated rings. The van der Waals surface area contributed by atoms with Gasteiger partial charge >= 0.3 is 53.6 Å². The molecule has 0 radical (unpaired) electrons. The van der Waals surface area contributed by atoms with Gasteiger partial charge in [0.15, 0.2) is 0 Å². The maximum atomic E-state index is 14.9. The second-order valence-corrected chi connectivity index (χ2v) is 10.9. The van der Waals surface area contributed by atoms with Crippen molar-refractivity contribution in [3.05, 3.63) is 23.3 Å². The summed E-state index contributed by atoms with van der Waals surface area (Å²) in [4.78, 5) is 5.58. The van der Waals surface area contributed by atoms with Gasteiger partial charge < -0.3 is 9.64 Å². The second-order valence-electron chi connectivity index (χ2n) is 9.97. The van der Waals surface area contributed by atoms with E-state index >= 15 is 0 Å². The first-order valence-corrected chi connectivity index (χ1v) is 12.6. The van der Waals surface area contributed by atoms with Crippen LogP contribution in [0.3, 0.4) is 0 Å². The van der Waals surface area contributed by atoms with E-state index in [1.165, 1.54) is 13.3 Å². The normalized spacial score (nSPS) is 16.4. The van der Waals surface area contributed by atoms with Crippen LogP contribution in [0.1, 0.15) is 18.1 Å². The maximum Gasteiger partial charge on any atom is 0.460 e. The van der Waals surface area contributed by atoms with E-state index in [1.807, 2.05) is 0 Å². The van der Waals surface area contributed by atoms with Gasteiger partial charge in [-0.3, -0.25) is 0 Å². The van der Waals surface area contributed by atoms with Crippen molar-refractivity contribution in [3.63, 3.8) is 0 Å². The number of nitrogens with zero attached hydrogens (tertiary/aromatic N) is 2. The summed E-state index contributed by atoms with van der Waals surface area (Å²) in [7, 11) is 1.67. The highest BCUT2D eigenvalue weighted by atomic mass is 31.0. The zero-order chi connectivity index (χ0) is 37.8. The lowest BCUT2D eigenvalue weighted by Gasteiger charge is -2.45. The van der Waals surface area contributed by atoms with Crippen molar-refractivity contribution in [3.8, 4) is 5.75 Å². The van der Waals surface area contributed by atoms with Crippen molar-refractivity contribution in [2.24, 2.45) is 4.99 Å². The molecule has 0 amide bonds. The van der Waals surface area contributed by atoms with Gasteiger partial charge in [0.05, 0.1) is 12.0 Å². The first-order chi connectivity index (χ1) is 20.5. The zero-order valence-corrected chi connectivity index (χ0v) is 24.7. The zero-order valence-electron chi connectivity index (χ0n) is 23.6. The Morgan fingerprint density at radius 1 is 0.617 bits per heavy atom. The van der Waals surface area contributed by atoms with Gasteiger partial charge in [0.25, 0.3) is 0 Å². The molecule has 0 bridgehead atoms. The summed E-state index contributed by atoms with van der Waals surface area (Å²) in [6, 6.07) is 2.03. The predicted octanol–water partition coefficient (Wildman–Crippen LogP) is 9.48. The van der Waals surface area contributed by atoms with Gasteiger partial charge in [0.2, 0.25) is 5.41 Å². The molecule has 24 heteroatoms. The molecule has 47 heavy (non-hydrogen) atoms. The van der Waals surface area contributed by atoms with E-state index in [0.717, 1.165) is 19.1 Å². The molecule has 2 atom stereocenters. The van der Waals surface area contributed by atoms with Crippen LogP contribution in [-0.2, 0) is 0 Å². The van der Waals surface area contributed by atoms with Crippen molar-refractivity contribution in [1.29, 1.82) is 0 Å². The summed E-state index contributed by atoms with van der Waals surface area (Å²) >= 11 is 0. The molecule has 274 valence electrons. The molecular formula is C23H21F20N2OP. The average molecular weight is 752 g/mol. The highest BCUT2D eigenvalue weighted by molar-refractivity contribution is 7.18. The molecule has 0 aliphatic rings. The lowest BCUT2D eigenvalue weighted by atomic mass is 9.86. The van der Waals surface area contributed by atoms with E-state index in [4.69, 9.17) is 0 Å². The topological polar surface area (TPSA) is 24.8 Å². The minimum atomic E-state index is -9.09. The fraction of sp³-hybridized carbons (Fsp3) is 0.696. The molecule has 0 N–H and O–H groups in total. The third-order valence-electron chi connectivity index (χ3n) is 6.46. The smallest absolute Gasteiger partial charge is 0.460 e. The van der Waals surface area contributed by atoms with Gasteiger partial charge in [-0.05, 0) is 44.0 Å². The van der Waals surface area contributed by atoms with Gasteiger partial charge in [-0.25, -0.2) is 9.38 Å². The summed E-state index contributed by atoms with van der Waals surface area (Å²) in [6.45, 7) is 2.04. The van der Waals surface area contributed by atoms with Crippen molar-refractivity contribution in [2.75, 3.05) is 20.2 Å². The molecule has 0 aliphatic carbocycles. The molecule has 0 saturated heterocycles. The number of ether oxygens (including phenoxy) is 1. The Morgan fingerprint density at radius 3 is 1.34 bits per heavy atom. The Hall–Kier alpha value is -2.48. The van der Waals surface area contributed by atoms with Crippen molar-refractivity contribution in [2.45, 2.75) is 79.7 Å². The highest BCUT2D eigenvalue weighted by Gasteiger charge is 2.97. The lowest BCUT2D eigenvalue weighted by molar-refractivity contribution is -0.470. The molecule has 1 rings (SSSR count). The number of benzene rings is 1. The van der Waals surface area contributed by atoms with Crippen LogP contribution in [0.25, 0.3) is 0 Å². The predicted molar refractivity (Wildman–Crippen MR) is 127 cm³/mol. The Bertz CT molecular complexity index is 1310. The van der Waals surface area contributed by atoms with Crippen LogP contribution in [0.5, 0.6) is 5.75 Å². The molecule has 2 unspecified atom stereocenters. The molecule has 0 aromatic heterocycles. The van der Waals surface area contributed by atoms with Crippen LogP contribution in [0.2, 0.25) is 0 Å². The van der Waals surface area contributed by atoms with Gasteiger partial charge in [-0.2, -0.15) is 83.4 Å². The number of aliphatic imine (C=N–C) groups is 1. The summed E-state index contributed by atoms with van der Waals surface area (Å²) in [5.74, 6) is -69.6. The van der Waals surface area contributed by atoms with Crippen LogP contribution >= 0.6 is 9.24 Å². The van der Waals surface area contributed by atoms with Crippen molar-refractivity contribution in [1.82, 2.24) is 4.90 Å². The van der Waals surface area contributed by atoms with Crippen LogP contribution in [0, 0.1) is 13.8 Å². The number of hydrogen-bond donors (Lipinski definition) is 0. The fourth-order valence-electron chi connectivity index (χ4n) is 3.21. The molecule has 0 saturated carbocycles. The van der Waals surface area contributed by atoms with Crippen LogP contribution < -0.4 is 4.74 Å². The summed E-state index contributed by atoms with van der Waals surface area (Å²) in [5.41, 5.74) is 0.120. The van der Waals surface area contributed by atoms with Gasteiger partial charge in [-0.1, -0.05) is 9.24 Å². The SMILES string of the molecule is CCN(C)C=Nc1cc(C)c(OCC(F)(P)C(F)(F)C(F)(F)C(F)(F)C(F)(F)C(F)(F)C(F)(F)C(F)(F)C(F)(F)C(F)(F)F)cc1C. The largest absolute Gasteiger partial charge is 0.489 e. The Morgan fingerprint density at radius 2 is 0.979 bits per heavy atom. The summed E-state index contributed by atoms with van der Waals surface area (Å²) in [5, 5.41) is -5.44. The van der Waals surface area contributed by atoms with Gasteiger partial charge in [0.1, 0.15) is 12.4 Å². The third kappa shape index (κ3) is 6.49. The average Bonchev–Trinajstić information content (AvgIpc) is 2.90. The van der Waals surface area contributed by atoms with Crippen LogP contribution in [-0.4, -0.2) is 90.4 Å². The van der Waals surface area contributed by atoms with Gasteiger partial charge in [0, 0.05) is 13.6 Å². The van der Waals surface area contributed by atoms with E-state index < -0.39 is 71.3 Å². The fourth-order valence-corrected chi connectivity index (χ4v) is 3.47. The Balaban J connectivity index is 3.59. The number of rotatable bonds is 14. The first-order valence-electron chi connectivity index (χ1n) is 12.0. The number of halogens is 20. The van der Waals surface area contributed by atoms with E-state index in [1.54, 1.807) is 18.9 Å². The quantitative estimate of drug-likeness (QED) is 0.0820. The van der Waals surface area contributed by atoms with Crippen molar-refractivity contribution >= 4 is 21.3 Å². The summed E-state index contributed by atoms with van der Waals surface area (Å²) < 4.78 is 277. The molecule has 0 aliphatic heterocycles. The van der Waals surface area contributed by atoms with Crippen LogP contribution in [0.4, 0.5) is 93.5 Å². The monoisotopic (exact) mass is 752 g/mol. The Kier molecular flexibility index (Phi) is 11.3. The highest BCUT2D eigenvalue weighted by Crippen LogP contribution is 2.66. The molecule has 1 aromatic rings. The standard InChI is InChI=1S/C23H21F20N2OP/c1-5-45(4)9-44-12-6-11(3)13(7-10(12)2)46-8-14(24,47)15(25,26)16(27,28)17(29,30)18(31,32)19(33,34)20(35,36)21(37,38)22(39,40)23(41,42)43/h6-7,9H,5,8,47H2,1-4H3. The van der Waals surface area contributed by atoms with Crippen molar-refractivity contribution < 1.29 is 92.5 Å². The van der Waals surface area contributed by atoms with E-state index in [2.05, 4.69) is 9.73 Å². The minimum Gasteiger partial charge on any atom is -0.489 e. The van der Waals surface area contributed by atoms with Gasteiger partial charge in [-0.15, -0.1) is 0 Å². The molecule has 3 nitrogen and oxygen atoms in total. The van der Waals surface area contributed by atoms with E-state index in [9.17, 15) is 87.8 Å². The molecule has 0 heterocycles. The summed E-state index contributed by atoms with van der Waals surface area (Å²) in [6.07, 6.45) is -6.67. The molecule has 1 aromatic carbocycles. The molecule has 0 spiro atoms. The minimum absolute atomic E-state index is 0.0833. The van der Waals surface area contributed by atoms with E-state index in [0.29, 0.717) is 6.54 Å². The number of hydrogen-bond acceptors (Lipinski definition) is 2. The lowest BCUT2D eigenvalue weighted by Crippen LogP contribution is -2.77. The third-order valence-corrected chi connectivity index (χ3v) is 6.99. The second kappa shape index (κ2) is 12.4.